The van der Waals surface area contributed by atoms with E-state index in [9.17, 15) is 18.8 Å². The van der Waals surface area contributed by atoms with Crippen LogP contribution in [0.5, 0.6) is 0 Å². The van der Waals surface area contributed by atoms with Gasteiger partial charge in [0.2, 0.25) is 5.91 Å². The maximum Gasteiger partial charge on any atom is 0.289 e. The molecule has 4 rings (SSSR count). The number of benzene rings is 1. The third-order valence-electron chi connectivity index (χ3n) is 4.69. The van der Waals surface area contributed by atoms with E-state index < -0.39 is 0 Å². The molecule has 2 aliphatic heterocycles. The monoisotopic (exact) mass is 373 g/mol. The Hall–Kier alpha value is -2.61. The minimum atomic E-state index is -0.312. The molecule has 1 atom stereocenters. The summed E-state index contributed by atoms with van der Waals surface area (Å²) in [6.45, 7) is 0.845. The molecule has 0 radical (unpaired) electrons. The van der Waals surface area contributed by atoms with Crippen molar-refractivity contribution in [2.24, 2.45) is 0 Å². The lowest BCUT2D eigenvalue weighted by molar-refractivity contribution is -0.126. The molecule has 6 nitrogen and oxygen atoms in total. The second-order valence-corrected chi connectivity index (χ2v) is 7.25. The van der Waals surface area contributed by atoms with E-state index >= 15 is 0 Å². The average Bonchev–Trinajstić information content (AvgIpc) is 3.35. The smallest absolute Gasteiger partial charge is 0.289 e. The molecular weight excluding hydrogens is 357 g/mol. The maximum absolute atomic E-state index is 13.0. The lowest BCUT2D eigenvalue weighted by Crippen LogP contribution is -2.41. The maximum atomic E-state index is 13.0. The number of thioether (sulfide) groups is 1. The second kappa shape index (κ2) is 6.60. The molecule has 1 N–H and O–H groups in total. The summed E-state index contributed by atoms with van der Waals surface area (Å²) in [5.74, 6) is -0.487. The molecule has 134 valence electrons. The fourth-order valence-electron chi connectivity index (χ4n) is 3.35. The first kappa shape index (κ1) is 16.8. The van der Waals surface area contributed by atoms with Gasteiger partial charge >= 0.3 is 0 Å². The van der Waals surface area contributed by atoms with E-state index in [1.807, 2.05) is 0 Å². The number of aromatic nitrogens is 1. The zero-order valence-electron chi connectivity index (χ0n) is 13.8. The third-order valence-corrected chi connectivity index (χ3v) is 5.53. The van der Waals surface area contributed by atoms with E-state index in [2.05, 4.69) is 4.98 Å². The van der Waals surface area contributed by atoms with Gasteiger partial charge in [0.25, 0.3) is 11.1 Å². The summed E-state index contributed by atoms with van der Waals surface area (Å²) in [7, 11) is 0. The number of nitrogens with one attached hydrogen (secondary N) is 1. The van der Waals surface area contributed by atoms with Crippen LogP contribution in [0.4, 0.5) is 9.18 Å². The van der Waals surface area contributed by atoms with Crippen LogP contribution < -0.4 is 0 Å². The van der Waals surface area contributed by atoms with Crippen molar-refractivity contribution in [1.82, 2.24) is 14.8 Å². The first-order valence-electron chi connectivity index (χ1n) is 8.25. The Morgan fingerprint density at radius 2 is 1.96 bits per heavy atom. The highest BCUT2D eigenvalue weighted by atomic mass is 32.2. The Morgan fingerprint density at radius 1 is 1.19 bits per heavy atom. The molecule has 3 heterocycles. The zero-order chi connectivity index (χ0) is 18.3. The van der Waals surface area contributed by atoms with Crippen molar-refractivity contribution in [3.05, 3.63) is 48.0 Å². The molecule has 0 saturated carbocycles. The van der Waals surface area contributed by atoms with E-state index in [0.29, 0.717) is 25.2 Å². The highest BCUT2D eigenvalue weighted by molar-refractivity contribution is 8.14. The molecule has 8 heteroatoms. The Labute approximate surface area is 153 Å². The summed E-state index contributed by atoms with van der Waals surface area (Å²) < 4.78 is 13.0. The Kier molecular flexibility index (Phi) is 4.28. The topological polar surface area (TPSA) is 73.5 Å². The molecule has 2 aliphatic rings. The van der Waals surface area contributed by atoms with Gasteiger partial charge in [-0.25, -0.2) is 4.39 Å². The van der Waals surface area contributed by atoms with Crippen LogP contribution in [-0.2, 0) is 4.79 Å². The normalized spacial score (nSPS) is 20.3. The lowest BCUT2D eigenvalue weighted by atomic mass is 10.1. The molecule has 26 heavy (non-hydrogen) atoms. The van der Waals surface area contributed by atoms with Crippen molar-refractivity contribution in [2.45, 2.75) is 12.5 Å². The summed E-state index contributed by atoms with van der Waals surface area (Å²) in [5, 5.41) is -0.229. The van der Waals surface area contributed by atoms with Gasteiger partial charge in [-0.15, -0.1) is 0 Å². The van der Waals surface area contributed by atoms with Gasteiger partial charge in [0.05, 0.1) is 11.8 Å². The fourth-order valence-corrected chi connectivity index (χ4v) is 4.13. The van der Waals surface area contributed by atoms with Crippen molar-refractivity contribution in [3.63, 3.8) is 0 Å². The summed E-state index contributed by atoms with van der Waals surface area (Å²) in [5.41, 5.74) is 2.04. The van der Waals surface area contributed by atoms with E-state index in [-0.39, 0.29) is 34.7 Å². The van der Waals surface area contributed by atoms with E-state index in [0.717, 1.165) is 22.9 Å². The van der Waals surface area contributed by atoms with Crippen molar-refractivity contribution < 1.29 is 18.8 Å². The van der Waals surface area contributed by atoms with Crippen LogP contribution in [0, 0.1) is 5.82 Å². The minimum Gasteiger partial charge on any atom is -0.357 e. The number of likely N-dealkylation sites (tertiary alicyclic amines) is 1. The van der Waals surface area contributed by atoms with Crippen LogP contribution in [0.3, 0.4) is 0 Å². The number of imide groups is 1. The van der Waals surface area contributed by atoms with Crippen molar-refractivity contribution in [2.75, 3.05) is 18.8 Å². The van der Waals surface area contributed by atoms with Crippen LogP contribution in [0.25, 0.3) is 11.1 Å². The van der Waals surface area contributed by atoms with Crippen LogP contribution in [-0.4, -0.2) is 56.7 Å². The molecule has 2 fully saturated rings. The summed E-state index contributed by atoms with van der Waals surface area (Å²) >= 11 is 1.01. The predicted octanol–water partition coefficient (Wildman–Crippen LogP) is 2.73. The molecule has 2 aromatic rings. The number of aromatic amines is 1. The molecule has 1 aromatic heterocycles. The predicted molar refractivity (Wildman–Crippen MR) is 95.2 cm³/mol. The second-order valence-electron chi connectivity index (χ2n) is 6.32. The fraction of sp³-hybridized carbons (Fsp3) is 0.278. The van der Waals surface area contributed by atoms with Crippen LogP contribution >= 0.6 is 11.8 Å². The van der Waals surface area contributed by atoms with Gasteiger partial charge < -0.3 is 9.88 Å². The highest BCUT2D eigenvalue weighted by Gasteiger charge is 2.40. The largest absolute Gasteiger partial charge is 0.357 e. The number of rotatable bonds is 3. The van der Waals surface area contributed by atoms with Crippen molar-refractivity contribution in [3.8, 4) is 11.1 Å². The number of carbonyl (C=O) groups is 3. The molecule has 2 saturated heterocycles. The first-order chi connectivity index (χ1) is 12.5. The number of halogens is 1. The number of nitrogens with zero attached hydrogens (tertiary/aromatic N) is 2. The number of amides is 3. The number of H-pyrrole nitrogens is 1. The average molecular weight is 373 g/mol. The number of carbonyl (C=O) groups excluding carboxylic acids is 3. The van der Waals surface area contributed by atoms with E-state index in [4.69, 9.17) is 0 Å². The molecule has 0 spiro atoms. The first-order valence-corrected chi connectivity index (χ1v) is 9.24. The van der Waals surface area contributed by atoms with Gasteiger partial charge in [-0.3, -0.25) is 19.3 Å². The van der Waals surface area contributed by atoms with Gasteiger partial charge in [-0.1, -0.05) is 23.9 Å². The molecule has 0 bridgehead atoms. The zero-order valence-corrected chi connectivity index (χ0v) is 14.6. The Balaban J connectivity index is 1.46. The Bertz CT molecular complexity index is 864. The molecule has 3 amide bonds. The minimum absolute atomic E-state index is 0.174. The quantitative estimate of drug-likeness (QED) is 0.898. The number of hydrogen-bond donors (Lipinski definition) is 1. The van der Waals surface area contributed by atoms with Crippen LogP contribution in [0.15, 0.2) is 36.5 Å². The van der Waals surface area contributed by atoms with E-state index in [1.54, 1.807) is 29.3 Å². The van der Waals surface area contributed by atoms with E-state index in [1.165, 1.54) is 17.0 Å². The van der Waals surface area contributed by atoms with Gasteiger partial charge in [0, 0.05) is 19.3 Å². The summed E-state index contributed by atoms with van der Waals surface area (Å²) in [6.07, 6.45) is 2.30. The summed E-state index contributed by atoms with van der Waals surface area (Å²) in [6, 6.07) is 7.53. The summed E-state index contributed by atoms with van der Waals surface area (Å²) in [4.78, 5) is 42.3. The van der Waals surface area contributed by atoms with Crippen LogP contribution in [0.1, 0.15) is 16.9 Å². The third kappa shape index (κ3) is 3.01. The van der Waals surface area contributed by atoms with Gasteiger partial charge in [-0.2, -0.15) is 0 Å². The van der Waals surface area contributed by atoms with Gasteiger partial charge in [-0.05, 0) is 35.7 Å². The van der Waals surface area contributed by atoms with Crippen LogP contribution in [0.2, 0.25) is 0 Å². The molecule has 1 aromatic carbocycles. The van der Waals surface area contributed by atoms with Crippen molar-refractivity contribution >= 4 is 28.8 Å². The SMILES string of the molecule is O=C(c1cc(-c2ccc(F)cc2)c[nH]1)N1CCC(N2C(=O)CSC2=O)C1. The number of hydrogen-bond acceptors (Lipinski definition) is 4. The standard InChI is InChI=1S/C18H16FN3O3S/c19-13-3-1-11(2-4-13)12-7-15(20-8-12)17(24)21-6-5-14(9-21)22-16(23)10-26-18(22)25/h1-4,7-8,14,20H,5-6,9-10H2. The Morgan fingerprint density at radius 3 is 2.65 bits per heavy atom. The molecule has 0 aliphatic carbocycles. The highest BCUT2D eigenvalue weighted by Crippen LogP contribution is 2.27. The lowest BCUT2D eigenvalue weighted by Gasteiger charge is -2.21. The molecule has 1 unspecified atom stereocenters. The van der Waals surface area contributed by atoms with Gasteiger partial charge in [0.15, 0.2) is 0 Å². The van der Waals surface area contributed by atoms with Gasteiger partial charge in [0.1, 0.15) is 11.5 Å². The molecular formula is C18H16FN3O3S. The van der Waals surface area contributed by atoms with Crippen molar-refractivity contribution in [1.29, 1.82) is 0 Å².